The van der Waals surface area contributed by atoms with Crippen molar-refractivity contribution in [2.75, 3.05) is 6.54 Å². The van der Waals surface area contributed by atoms with Crippen LogP contribution in [0.3, 0.4) is 0 Å². The summed E-state index contributed by atoms with van der Waals surface area (Å²) in [4.78, 5) is 29.6. The molecule has 0 saturated carbocycles. The van der Waals surface area contributed by atoms with E-state index in [-0.39, 0.29) is 27.7 Å². The lowest BCUT2D eigenvalue weighted by Gasteiger charge is -2.07. The van der Waals surface area contributed by atoms with E-state index < -0.39 is 11.8 Å². The highest BCUT2D eigenvalue weighted by atomic mass is 35.5. The van der Waals surface area contributed by atoms with E-state index in [0.29, 0.717) is 22.7 Å². The van der Waals surface area contributed by atoms with Gasteiger partial charge in [-0.15, -0.1) is 0 Å². The second-order valence-corrected chi connectivity index (χ2v) is 7.37. The lowest BCUT2D eigenvalue weighted by atomic mass is 10.0. The standard InChI is InChI=1S/C22H18Cl2N4O2/c1-2-3-10-26-21(29)17(12-25)19-14-6-4-5-7-15(14)20(27-19)28-22(30)16-9-8-13(23)11-18(16)24/h4-9,11H,2-3,10H2,1H3,(H,26,29)(H,27,28,30). The third-order valence-corrected chi connectivity index (χ3v) is 5.01. The number of amidine groups is 1. The van der Waals surface area contributed by atoms with Crippen molar-refractivity contribution in [3.05, 3.63) is 74.8 Å². The highest BCUT2D eigenvalue weighted by molar-refractivity contribution is 6.37. The van der Waals surface area contributed by atoms with Gasteiger partial charge in [0.05, 0.1) is 16.3 Å². The third kappa shape index (κ3) is 4.54. The van der Waals surface area contributed by atoms with Crippen LogP contribution in [-0.4, -0.2) is 24.2 Å². The third-order valence-electron chi connectivity index (χ3n) is 4.46. The van der Waals surface area contributed by atoms with Gasteiger partial charge in [-0.25, -0.2) is 4.99 Å². The van der Waals surface area contributed by atoms with Crippen molar-refractivity contribution in [1.82, 2.24) is 10.6 Å². The first-order chi connectivity index (χ1) is 14.5. The molecule has 0 saturated heterocycles. The largest absolute Gasteiger partial charge is 0.351 e. The SMILES string of the molecule is CCCCNC(=O)C(C#N)=C1N=C(NC(=O)c2ccc(Cl)cc2Cl)c2ccccc21. The van der Waals surface area contributed by atoms with Crippen LogP contribution in [0, 0.1) is 11.3 Å². The number of halogens is 2. The lowest BCUT2D eigenvalue weighted by Crippen LogP contribution is -2.30. The summed E-state index contributed by atoms with van der Waals surface area (Å²) >= 11 is 12.0. The van der Waals surface area contributed by atoms with Crippen LogP contribution < -0.4 is 10.6 Å². The van der Waals surface area contributed by atoms with Gasteiger partial charge >= 0.3 is 0 Å². The van der Waals surface area contributed by atoms with E-state index in [1.165, 1.54) is 12.1 Å². The Bertz CT molecular complexity index is 1120. The molecular weight excluding hydrogens is 423 g/mol. The van der Waals surface area contributed by atoms with E-state index in [1.54, 1.807) is 30.3 Å². The van der Waals surface area contributed by atoms with Crippen molar-refractivity contribution in [3.63, 3.8) is 0 Å². The van der Waals surface area contributed by atoms with Crippen LogP contribution in [0.15, 0.2) is 53.0 Å². The van der Waals surface area contributed by atoms with E-state index in [2.05, 4.69) is 15.6 Å². The monoisotopic (exact) mass is 440 g/mol. The summed E-state index contributed by atoms with van der Waals surface area (Å²) in [5.74, 6) is -0.726. The minimum absolute atomic E-state index is 0.104. The second kappa shape index (κ2) is 9.57. The molecule has 0 atom stereocenters. The van der Waals surface area contributed by atoms with Crippen LogP contribution in [-0.2, 0) is 4.79 Å². The summed E-state index contributed by atoms with van der Waals surface area (Å²) in [5, 5.41) is 15.7. The van der Waals surface area contributed by atoms with Gasteiger partial charge in [-0.3, -0.25) is 9.59 Å². The van der Waals surface area contributed by atoms with Crippen molar-refractivity contribution in [2.24, 2.45) is 4.99 Å². The molecule has 2 amide bonds. The van der Waals surface area contributed by atoms with E-state index in [0.717, 1.165) is 12.8 Å². The van der Waals surface area contributed by atoms with Crippen LogP contribution in [0.4, 0.5) is 0 Å². The first-order valence-electron chi connectivity index (χ1n) is 9.33. The molecular formula is C22H18Cl2N4O2. The topological polar surface area (TPSA) is 94.3 Å². The first kappa shape index (κ1) is 21.6. The molecule has 0 unspecified atom stereocenters. The van der Waals surface area contributed by atoms with Crippen LogP contribution in [0.5, 0.6) is 0 Å². The molecule has 0 aliphatic carbocycles. The molecule has 1 aliphatic heterocycles. The second-order valence-electron chi connectivity index (χ2n) is 6.53. The number of nitrogens with zero attached hydrogens (tertiary/aromatic N) is 2. The number of benzene rings is 2. The van der Waals surface area contributed by atoms with Crippen LogP contribution in [0.25, 0.3) is 5.70 Å². The minimum Gasteiger partial charge on any atom is -0.351 e. The molecule has 0 radical (unpaired) electrons. The van der Waals surface area contributed by atoms with Crippen molar-refractivity contribution in [3.8, 4) is 6.07 Å². The molecule has 152 valence electrons. The molecule has 2 aromatic carbocycles. The predicted octanol–water partition coefficient (Wildman–Crippen LogP) is 4.33. The summed E-state index contributed by atoms with van der Waals surface area (Å²) in [6, 6.07) is 13.6. The molecule has 3 rings (SSSR count). The molecule has 8 heteroatoms. The Balaban J connectivity index is 1.96. The lowest BCUT2D eigenvalue weighted by molar-refractivity contribution is -0.117. The van der Waals surface area contributed by atoms with E-state index in [9.17, 15) is 14.9 Å². The zero-order valence-electron chi connectivity index (χ0n) is 16.1. The number of carbonyl (C=O) groups is 2. The Kier molecular flexibility index (Phi) is 6.88. The maximum atomic E-state index is 12.7. The van der Waals surface area contributed by atoms with Crippen molar-refractivity contribution < 1.29 is 9.59 Å². The first-order valence-corrected chi connectivity index (χ1v) is 10.1. The highest BCUT2D eigenvalue weighted by Crippen LogP contribution is 2.31. The Labute approximate surface area is 184 Å². The molecule has 30 heavy (non-hydrogen) atoms. The Morgan fingerprint density at radius 1 is 1.13 bits per heavy atom. The van der Waals surface area contributed by atoms with Gasteiger partial charge in [0.25, 0.3) is 11.8 Å². The van der Waals surface area contributed by atoms with Gasteiger partial charge in [0.1, 0.15) is 17.5 Å². The smallest absolute Gasteiger partial charge is 0.264 e. The van der Waals surface area contributed by atoms with Gasteiger partial charge in [-0.1, -0.05) is 60.8 Å². The van der Waals surface area contributed by atoms with Gasteiger partial charge in [0.2, 0.25) is 0 Å². The molecule has 2 aromatic rings. The number of nitrogens with one attached hydrogen (secondary N) is 2. The summed E-state index contributed by atoms with van der Waals surface area (Å²) in [5.41, 5.74) is 1.56. The Hall–Kier alpha value is -3.14. The van der Waals surface area contributed by atoms with Crippen molar-refractivity contribution >= 4 is 46.5 Å². The zero-order valence-corrected chi connectivity index (χ0v) is 17.6. The average Bonchev–Trinajstić information content (AvgIpc) is 3.07. The molecule has 1 heterocycles. The highest BCUT2D eigenvalue weighted by Gasteiger charge is 2.27. The summed E-state index contributed by atoms with van der Waals surface area (Å²) in [7, 11) is 0. The Morgan fingerprint density at radius 3 is 2.53 bits per heavy atom. The number of hydrogen-bond donors (Lipinski definition) is 2. The van der Waals surface area contributed by atoms with Crippen LogP contribution in [0.1, 0.15) is 41.3 Å². The molecule has 6 nitrogen and oxygen atoms in total. The predicted molar refractivity (Wildman–Crippen MR) is 117 cm³/mol. The van der Waals surface area contributed by atoms with Gasteiger partial charge in [0.15, 0.2) is 0 Å². The normalized spacial score (nSPS) is 13.7. The summed E-state index contributed by atoms with van der Waals surface area (Å²) in [6.07, 6.45) is 1.73. The quantitative estimate of drug-likeness (QED) is 0.411. The number of aliphatic imine (C=N–C) groups is 1. The number of unbranched alkanes of at least 4 members (excludes halogenated alkanes) is 1. The fraction of sp³-hybridized carbons (Fsp3) is 0.182. The molecule has 0 aromatic heterocycles. The maximum absolute atomic E-state index is 12.7. The van der Waals surface area contributed by atoms with Crippen LogP contribution in [0.2, 0.25) is 10.0 Å². The average molecular weight is 441 g/mol. The van der Waals surface area contributed by atoms with Crippen molar-refractivity contribution in [1.29, 1.82) is 5.26 Å². The maximum Gasteiger partial charge on any atom is 0.264 e. The van der Waals surface area contributed by atoms with Gasteiger partial charge < -0.3 is 10.6 Å². The minimum atomic E-state index is -0.493. The molecule has 1 aliphatic rings. The molecule has 2 N–H and O–H groups in total. The number of amides is 2. The number of fused-ring (bicyclic) bond motifs is 1. The van der Waals surface area contributed by atoms with E-state index in [4.69, 9.17) is 23.2 Å². The van der Waals surface area contributed by atoms with E-state index in [1.807, 2.05) is 13.0 Å². The van der Waals surface area contributed by atoms with Crippen LogP contribution >= 0.6 is 23.2 Å². The zero-order chi connectivity index (χ0) is 21.7. The number of carbonyl (C=O) groups excluding carboxylic acids is 2. The van der Waals surface area contributed by atoms with Gasteiger partial charge in [-0.05, 0) is 24.6 Å². The fourth-order valence-electron chi connectivity index (χ4n) is 2.94. The van der Waals surface area contributed by atoms with Crippen molar-refractivity contribution in [2.45, 2.75) is 19.8 Å². The fourth-order valence-corrected chi connectivity index (χ4v) is 3.44. The van der Waals surface area contributed by atoms with E-state index >= 15 is 0 Å². The number of nitriles is 1. The summed E-state index contributed by atoms with van der Waals surface area (Å²) < 4.78 is 0. The molecule has 0 spiro atoms. The molecule has 0 bridgehead atoms. The summed E-state index contributed by atoms with van der Waals surface area (Å²) in [6.45, 7) is 2.48. The number of rotatable bonds is 5. The van der Waals surface area contributed by atoms with Gasteiger partial charge in [0, 0.05) is 22.7 Å². The van der Waals surface area contributed by atoms with Gasteiger partial charge in [-0.2, -0.15) is 5.26 Å². The molecule has 0 fully saturated rings. The Morgan fingerprint density at radius 2 is 1.87 bits per heavy atom. The number of hydrogen-bond acceptors (Lipinski definition) is 4.